The van der Waals surface area contributed by atoms with Crippen molar-refractivity contribution in [1.29, 1.82) is 0 Å². The largest absolute Gasteiger partial charge is 0.454 e. The van der Waals surface area contributed by atoms with Crippen LogP contribution in [0.1, 0.15) is 0 Å². The van der Waals surface area contributed by atoms with Crippen LogP contribution in [0.4, 0.5) is 0 Å². The Morgan fingerprint density at radius 1 is 0.471 bits per heavy atom. The van der Waals surface area contributed by atoms with Gasteiger partial charge in [-0.25, -0.2) is 9.97 Å². The molecule has 0 atom stereocenters. The van der Waals surface area contributed by atoms with Gasteiger partial charge in [0.25, 0.3) is 0 Å². The zero-order valence-electron chi connectivity index (χ0n) is 27.0. The third-order valence-electron chi connectivity index (χ3n) is 9.68. The van der Waals surface area contributed by atoms with Crippen molar-refractivity contribution in [1.82, 2.24) is 24.5 Å². The molecule has 0 aliphatic heterocycles. The molecule has 0 unspecified atom stereocenters. The minimum absolute atomic E-state index is 0.573. The van der Waals surface area contributed by atoms with Crippen LogP contribution in [0.25, 0.3) is 104 Å². The van der Waals surface area contributed by atoms with Gasteiger partial charge in [-0.05, 0) is 24.3 Å². The van der Waals surface area contributed by atoms with Crippen LogP contribution in [0.2, 0.25) is 0 Å². The number of hydrogen-bond donors (Lipinski definition) is 0. The second-order valence-electron chi connectivity index (χ2n) is 12.6. The van der Waals surface area contributed by atoms with Gasteiger partial charge in [0, 0.05) is 42.9 Å². The maximum absolute atomic E-state index is 6.56. The molecule has 7 heteroatoms. The van der Waals surface area contributed by atoms with Crippen LogP contribution in [0, 0.1) is 0 Å². The van der Waals surface area contributed by atoms with Crippen molar-refractivity contribution in [3.8, 4) is 40.0 Å². The van der Waals surface area contributed by atoms with Gasteiger partial charge in [0.05, 0.1) is 32.3 Å². The molecule has 0 bridgehead atoms. The number of nitrogens with zero attached hydrogens (tertiary/aromatic N) is 5. The van der Waals surface area contributed by atoms with E-state index in [1.165, 1.54) is 4.70 Å². The Balaban J connectivity index is 1.12. The van der Waals surface area contributed by atoms with Crippen molar-refractivity contribution in [3.05, 3.63) is 152 Å². The van der Waals surface area contributed by atoms with Gasteiger partial charge >= 0.3 is 0 Å². The first-order valence-electron chi connectivity index (χ1n) is 16.8. The molecule has 5 heterocycles. The molecule has 0 saturated heterocycles. The Morgan fingerprint density at radius 2 is 1.04 bits per heavy atom. The van der Waals surface area contributed by atoms with Crippen molar-refractivity contribution in [2.24, 2.45) is 0 Å². The number of thiophene rings is 1. The number of aromatic nitrogens is 5. The van der Waals surface area contributed by atoms with E-state index in [1.54, 1.807) is 11.3 Å². The lowest BCUT2D eigenvalue weighted by molar-refractivity contribution is 0.673. The highest BCUT2D eigenvalue weighted by atomic mass is 32.1. The van der Waals surface area contributed by atoms with Crippen molar-refractivity contribution in [2.75, 3.05) is 0 Å². The lowest BCUT2D eigenvalue weighted by atomic mass is 10.0. The van der Waals surface area contributed by atoms with E-state index in [2.05, 4.69) is 114 Å². The fraction of sp³-hybridized carbons (Fsp3) is 0. The number of fused-ring (bicyclic) bond motifs is 10. The Morgan fingerprint density at radius 3 is 1.76 bits per heavy atom. The quantitative estimate of drug-likeness (QED) is 0.186. The standard InChI is InChI=1S/C44H25N5OS/c1-2-12-27(13-3-1)42-46-43(48-44(47-42)49-33-18-8-4-14-29(33)30-15-5-9-19-34(30)49)28-24-22-26(23-25-28)38-37-31-16-6-10-20-35(31)50-40(37)41-39(45-38)32-17-7-11-21-36(32)51-41/h1-25H. The van der Waals surface area contributed by atoms with Gasteiger partial charge in [-0.15, -0.1) is 11.3 Å². The predicted molar refractivity (Wildman–Crippen MR) is 208 cm³/mol. The number of benzene rings is 6. The second kappa shape index (κ2) is 10.9. The summed E-state index contributed by atoms with van der Waals surface area (Å²) in [6.07, 6.45) is 0. The highest BCUT2D eigenvalue weighted by Gasteiger charge is 2.22. The molecule has 11 rings (SSSR count). The van der Waals surface area contributed by atoms with Gasteiger partial charge in [0.1, 0.15) is 5.58 Å². The minimum atomic E-state index is 0.573. The summed E-state index contributed by atoms with van der Waals surface area (Å²) in [7, 11) is 0. The summed E-state index contributed by atoms with van der Waals surface area (Å²) in [5, 5.41) is 5.52. The van der Waals surface area contributed by atoms with Crippen molar-refractivity contribution >= 4 is 75.4 Å². The number of rotatable bonds is 4. The molecule has 0 amide bonds. The van der Waals surface area contributed by atoms with E-state index >= 15 is 0 Å². The second-order valence-corrected chi connectivity index (χ2v) is 13.7. The molecule has 0 saturated carbocycles. The maximum Gasteiger partial charge on any atom is 0.238 e. The molecule has 6 nitrogen and oxygen atoms in total. The van der Waals surface area contributed by atoms with E-state index in [4.69, 9.17) is 24.4 Å². The van der Waals surface area contributed by atoms with E-state index in [1.807, 2.05) is 42.5 Å². The first-order valence-corrected chi connectivity index (χ1v) is 17.6. The van der Waals surface area contributed by atoms with Crippen molar-refractivity contribution in [2.45, 2.75) is 0 Å². The highest BCUT2D eigenvalue weighted by molar-refractivity contribution is 7.26. The summed E-state index contributed by atoms with van der Waals surface area (Å²) in [5.41, 5.74) is 8.48. The van der Waals surface area contributed by atoms with Gasteiger partial charge in [-0.2, -0.15) is 9.97 Å². The molecule has 0 aliphatic rings. The van der Waals surface area contributed by atoms with E-state index in [-0.39, 0.29) is 0 Å². The van der Waals surface area contributed by atoms with E-state index in [9.17, 15) is 0 Å². The van der Waals surface area contributed by atoms with Gasteiger partial charge in [0.2, 0.25) is 5.95 Å². The summed E-state index contributed by atoms with van der Waals surface area (Å²) in [5.74, 6) is 1.78. The van der Waals surface area contributed by atoms with E-state index in [0.29, 0.717) is 17.6 Å². The number of pyridine rings is 1. The Kier molecular flexibility index (Phi) is 6.02. The Hall–Kier alpha value is -6.70. The van der Waals surface area contributed by atoms with Gasteiger partial charge in [-0.3, -0.25) is 4.57 Å². The van der Waals surface area contributed by atoms with Crippen LogP contribution >= 0.6 is 11.3 Å². The molecule has 0 spiro atoms. The number of hydrogen-bond acceptors (Lipinski definition) is 6. The lowest BCUT2D eigenvalue weighted by Gasteiger charge is -2.11. The summed E-state index contributed by atoms with van der Waals surface area (Å²) in [4.78, 5) is 20.6. The Labute approximate surface area is 294 Å². The minimum Gasteiger partial charge on any atom is -0.454 e. The monoisotopic (exact) mass is 671 g/mol. The molecular formula is C44H25N5OS. The fourth-order valence-electron chi connectivity index (χ4n) is 7.34. The fourth-order valence-corrected chi connectivity index (χ4v) is 8.47. The Bertz CT molecular complexity index is 3090. The average Bonchev–Trinajstić information content (AvgIpc) is 3.88. The topological polar surface area (TPSA) is 69.6 Å². The van der Waals surface area contributed by atoms with Crippen LogP contribution in [0.15, 0.2) is 156 Å². The summed E-state index contributed by atoms with van der Waals surface area (Å²) >= 11 is 1.73. The molecular weight excluding hydrogens is 647 g/mol. The first-order chi connectivity index (χ1) is 25.3. The first kappa shape index (κ1) is 28.2. The van der Waals surface area contributed by atoms with Gasteiger partial charge < -0.3 is 4.42 Å². The molecule has 0 aliphatic carbocycles. The molecule has 0 N–H and O–H groups in total. The van der Waals surface area contributed by atoms with Gasteiger partial charge in [0.15, 0.2) is 17.2 Å². The highest BCUT2D eigenvalue weighted by Crippen LogP contribution is 2.44. The summed E-state index contributed by atoms with van der Waals surface area (Å²) in [6, 6.07) is 51.9. The van der Waals surface area contributed by atoms with Crippen molar-refractivity contribution < 1.29 is 4.42 Å². The third-order valence-corrected chi connectivity index (χ3v) is 10.8. The molecule has 238 valence electrons. The summed E-state index contributed by atoms with van der Waals surface area (Å²) in [6.45, 7) is 0. The zero-order valence-corrected chi connectivity index (χ0v) is 27.8. The van der Waals surface area contributed by atoms with E-state index in [0.717, 1.165) is 81.7 Å². The third kappa shape index (κ3) is 4.28. The molecule has 0 radical (unpaired) electrons. The predicted octanol–water partition coefficient (Wildman–Crippen LogP) is 11.6. The maximum atomic E-state index is 6.56. The molecule has 5 aromatic heterocycles. The lowest BCUT2D eigenvalue weighted by Crippen LogP contribution is -2.06. The van der Waals surface area contributed by atoms with Gasteiger partial charge in [-0.1, -0.05) is 127 Å². The number of para-hydroxylation sites is 3. The molecule has 51 heavy (non-hydrogen) atoms. The normalized spacial score (nSPS) is 11.9. The van der Waals surface area contributed by atoms with Crippen LogP contribution in [-0.2, 0) is 0 Å². The SMILES string of the molecule is c1ccc(-c2nc(-c3ccc(-c4nc5c6ccccc6sc5c5oc6ccccc6c45)cc3)nc(-n3c4ccccc4c4ccccc43)n2)cc1. The smallest absolute Gasteiger partial charge is 0.238 e. The molecule has 11 aromatic rings. The molecule has 6 aromatic carbocycles. The van der Waals surface area contributed by atoms with Crippen molar-refractivity contribution in [3.63, 3.8) is 0 Å². The van der Waals surface area contributed by atoms with Crippen LogP contribution in [0.3, 0.4) is 0 Å². The number of furan rings is 1. The van der Waals surface area contributed by atoms with Crippen LogP contribution in [-0.4, -0.2) is 24.5 Å². The molecule has 0 fully saturated rings. The summed E-state index contributed by atoms with van der Waals surface area (Å²) < 4.78 is 11.0. The van der Waals surface area contributed by atoms with Crippen LogP contribution in [0.5, 0.6) is 0 Å². The van der Waals surface area contributed by atoms with Crippen LogP contribution < -0.4 is 0 Å². The zero-order chi connectivity index (χ0) is 33.5. The van der Waals surface area contributed by atoms with E-state index < -0.39 is 0 Å². The average molecular weight is 672 g/mol.